The summed E-state index contributed by atoms with van der Waals surface area (Å²) in [5.74, 6) is -6.82. The number of hydrogen-bond donors (Lipinski definition) is 15. The Balaban J connectivity index is 1.70. The molecular formula is C49H68FN17O8. The predicted molar refractivity (Wildman–Crippen MR) is 280 cm³/mol. The lowest BCUT2D eigenvalue weighted by atomic mass is 10.0. The van der Waals surface area contributed by atoms with Gasteiger partial charge in [-0.1, -0.05) is 42.5 Å². The van der Waals surface area contributed by atoms with Gasteiger partial charge in [-0.05, 0) is 85.5 Å². The molecule has 75 heavy (non-hydrogen) atoms. The molecule has 1 aromatic heterocycles. The van der Waals surface area contributed by atoms with Gasteiger partial charge in [-0.2, -0.15) is 0 Å². The van der Waals surface area contributed by atoms with Gasteiger partial charge in [0.15, 0.2) is 17.9 Å². The summed E-state index contributed by atoms with van der Waals surface area (Å²) >= 11 is 0. The van der Waals surface area contributed by atoms with Crippen LogP contribution in [0.4, 0.5) is 4.39 Å². The lowest BCUT2D eigenvalue weighted by molar-refractivity contribution is -0.135. The Kier molecular flexibility index (Phi) is 23.1. The molecule has 6 atom stereocenters. The van der Waals surface area contributed by atoms with Crippen LogP contribution in [0.3, 0.4) is 0 Å². The number of H-pyrrole nitrogens is 1. The van der Waals surface area contributed by atoms with E-state index in [2.05, 4.69) is 51.9 Å². The van der Waals surface area contributed by atoms with Gasteiger partial charge < -0.3 is 82.1 Å². The Labute approximate surface area is 431 Å². The summed E-state index contributed by atoms with van der Waals surface area (Å²) in [5, 5.41) is 26.7. The average molecular weight is 1040 g/mol. The van der Waals surface area contributed by atoms with Crippen LogP contribution in [-0.4, -0.2) is 125 Å². The number of aromatic nitrogens is 1. The number of nitrogens with two attached hydrogens (primary N) is 7. The summed E-state index contributed by atoms with van der Waals surface area (Å²) in [6.07, 6.45) is 1.76. The molecule has 26 heteroatoms. The van der Waals surface area contributed by atoms with Crippen molar-refractivity contribution in [3.8, 4) is 5.75 Å². The fourth-order valence-corrected chi connectivity index (χ4v) is 7.81. The smallest absolute Gasteiger partial charge is 0.243 e. The number of phenols is 1. The van der Waals surface area contributed by atoms with Gasteiger partial charge in [0.2, 0.25) is 41.4 Å². The molecule has 0 saturated heterocycles. The first kappa shape index (κ1) is 58.6. The molecule has 1 heterocycles. The quantitative estimate of drug-likeness (QED) is 0.0147. The van der Waals surface area contributed by atoms with Crippen LogP contribution >= 0.6 is 0 Å². The first-order valence-electron chi connectivity index (χ1n) is 24.0. The van der Waals surface area contributed by atoms with Crippen LogP contribution in [0.2, 0.25) is 0 Å². The highest BCUT2D eigenvalue weighted by atomic mass is 19.1. The van der Waals surface area contributed by atoms with Gasteiger partial charge in [0.05, 0.1) is 0 Å². The zero-order valence-corrected chi connectivity index (χ0v) is 41.5. The normalized spacial score (nSPS) is 13.3. The molecule has 7 amide bonds. The van der Waals surface area contributed by atoms with Gasteiger partial charge >= 0.3 is 0 Å². The molecule has 0 aliphatic rings. The maximum atomic E-state index is 14.7. The van der Waals surface area contributed by atoms with E-state index in [1.165, 1.54) is 43.3 Å². The van der Waals surface area contributed by atoms with Gasteiger partial charge in [-0.25, -0.2) is 4.39 Å². The van der Waals surface area contributed by atoms with Crippen LogP contribution in [0, 0.1) is 5.82 Å². The van der Waals surface area contributed by atoms with Gasteiger partial charge in [-0.15, -0.1) is 0 Å². The molecule has 3 aromatic carbocycles. The number of primary amides is 1. The minimum absolute atomic E-state index is 0.0174. The fourth-order valence-electron chi connectivity index (χ4n) is 7.81. The van der Waals surface area contributed by atoms with Crippen molar-refractivity contribution >= 4 is 70.1 Å². The van der Waals surface area contributed by atoms with Crippen molar-refractivity contribution in [3.05, 3.63) is 102 Å². The van der Waals surface area contributed by atoms with E-state index in [1.807, 2.05) is 18.2 Å². The lowest BCUT2D eigenvalue weighted by Crippen LogP contribution is -2.60. The minimum atomic E-state index is -1.51. The second-order valence-corrected chi connectivity index (χ2v) is 17.6. The number of amides is 7. The summed E-state index contributed by atoms with van der Waals surface area (Å²) in [4.78, 5) is 112. The Morgan fingerprint density at radius 2 is 0.907 bits per heavy atom. The first-order chi connectivity index (χ1) is 35.7. The fraction of sp³-hybridized carbons (Fsp3) is 0.388. The standard InChI is InChI=1S/C49H68FN17O8/c1-27(68)62-36(10-5-21-59-48(54)55)42(71)65-39(24-29-14-18-32(69)19-15-29)45(74)66-38(23-28-12-16-31(50)17-13-28)44(73)64-37(11-6-22-60-49(56)57)43(72)67-40(25-30-26-61-34-8-3-2-7-33(30)34)46(75)63-35(41(51)70)9-4-20-58-47(52)53/h2-3,7-8,12-19,26,35-40,61,69H,4-6,9-11,20-25H2,1H3,(H2,51,70)(H,62,68)(H,63,75)(H,64,73)(H,65,71)(H,66,74)(H,67,72)(H4,52,53,58)(H4,54,55,59)(H4,56,57,60)/t35-,36-,37-,38-,39-,40-/m0/s1. The third kappa shape index (κ3) is 20.6. The van der Waals surface area contributed by atoms with Crippen molar-refractivity contribution in [2.24, 2.45) is 55.1 Å². The van der Waals surface area contributed by atoms with E-state index in [4.69, 9.17) is 40.1 Å². The molecule has 4 rings (SSSR count). The number of para-hydroxylation sites is 1. The van der Waals surface area contributed by atoms with E-state index in [0.717, 1.165) is 23.0 Å². The monoisotopic (exact) mass is 1040 g/mol. The highest BCUT2D eigenvalue weighted by Gasteiger charge is 2.34. The number of aromatic amines is 1. The molecule has 404 valence electrons. The molecule has 0 spiro atoms. The minimum Gasteiger partial charge on any atom is -0.508 e. The molecule has 0 aliphatic carbocycles. The number of carbonyl (C=O) groups is 7. The number of hydrogen-bond acceptors (Lipinski definition) is 11. The largest absolute Gasteiger partial charge is 0.508 e. The number of rotatable bonds is 30. The number of carbonyl (C=O) groups excluding carboxylic acids is 7. The maximum absolute atomic E-state index is 14.7. The Hall–Kier alpha value is -8.97. The Bertz CT molecular complexity index is 2670. The zero-order valence-electron chi connectivity index (χ0n) is 41.5. The number of benzene rings is 3. The number of aromatic hydroxyl groups is 1. The SMILES string of the molecule is CC(=O)N[C@@H](CCCN=C(N)N)C(=O)N[C@@H](Cc1ccc(O)cc1)C(=O)N[C@@H](Cc1ccc(F)cc1)C(=O)N[C@@H](CCCN=C(N)N)C(=O)N[C@@H](Cc1c[nH]c2ccccc12)C(=O)N[C@@H](CCCN=C(N)N)C(N)=O. The van der Waals surface area contributed by atoms with E-state index in [0.29, 0.717) is 16.7 Å². The highest BCUT2D eigenvalue weighted by molar-refractivity contribution is 5.97. The van der Waals surface area contributed by atoms with Crippen molar-refractivity contribution in [2.75, 3.05) is 19.6 Å². The molecular weight excluding hydrogens is 974 g/mol. The van der Waals surface area contributed by atoms with Crippen molar-refractivity contribution < 1.29 is 43.1 Å². The van der Waals surface area contributed by atoms with Gasteiger partial charge in [0, 0.05) is 62.9 Å². The zero-order chi connectivity index (χ0) is 55.0. The molecule has 4 aromatic rings. The number of nitrogens with one attached hydrogen (secondary N) is 7. The van der Waals surface area contributed by atoms with Crippen LogP contribution in [0.15, 0.2) is 94.0 Å². The Morgan fingerprint density at radius 3 is 1.36 bits per heavy atom. The van der Waals surface area contributed by atoms with E-state index >= 15 is 0 Å². The van der Waals surface area contributed by atoms with Crippen molar-refractivity contribution in [2.45, 2.75) is 101 Å². The summed E-state index contributed by atoms with van der Waals surface area (Å²) in [6.45, 7) is 1.50. The summed E-state index contributed by atoms with van der Waals surface area (Å²) < 4.78 is 14.2. The topological polar surface area (TPSA) is 447 Å². The summed E-state index contributed by atoms with van der Waals surface area (Å²) in [7, 11) is 0. The number of aliphatic imine (C=N–C) groups is 3. The van der Waals surface area contributed by atoms with Crippen molar-refractivity contribution in [1.29, 1.82) is 0 Å². The van der Waals surface area contributed by atoms with Crippen LogP contribution in [0.1, 0.15) is 62.1 Å². The second-order valence-electron chi connectivity index (χ2n) is 17.6. The molecule has 0 unspecified atom stereocenters. The van der Waals surface area contributed by atoms with E-state index in [9.17, 15) is 43.1 Å². The second kappa shape index (κ2) is 29.5. The molecule has 0 radical (unpaired) electrons. The lowest BCUT2D eigenvalue weighted by Gasteiger charge is -2.28. The highest BCUT2D eigenvalue weighted by Crippen LogP contribution is 2.20. The van der Waals surface area contributed by atoms with Gasteiger partial charge in [0.1, 0.15) is 47.8 Å². The number of fused-ring (bicyclic) bond motifs is 1. The Morgan fingerprint density at radius 1 is 0.520 bits per heavy atom. The van der Waals surface area contributed by atoms with E-state index in [-0.39, 0.29) is 101 Å². The molecule has 25 nitrogen and oxygen atoms in total. The van der Waals surface area contributed by atoms with E-state index in [1.54, 1.807) is 12.3 Å². The van der Waals surface area contributed by atoms with Gasteiger partial charge in [0.25, 0.3) is 0 Å². The first-order valence-corrected chi connectivity index (χ1v) is 24.0. The molecule has 0 fully saturated rings. The number of guanidine groups is 3. The molecule has 22 N–H and O–H groups in total. The van der Waals surface area contributed by atoms with Gasteiger partial charge in [-0.3, -0.25) is 48.5 Å². The molecule has 0 aliphatic heterocycles. The third-order valence-corrected chi connectivity index (χ3v) is 11.5. The van der Waals surface area contributed by atoms with Crippen LogP contribution in [0.25, 0.3) is 10.9 Å². The van der Waals surface area contributed by atoms with Crippen molar-refractivity contribution in [1.82, 2.24) is 36.9 Å². The van der Waals surface area contributed by atoms with Crippen LogP contribution in [-0.2, 0) is 52.8 Å². The average Bonchev–Trinajstić information content (AvgIpc) is 3.76. The van der Waals surface area contributed by atoms with Crippen LogP contribution < -0.4 is 72.0 Å². The number of halogens is 1. The summed E-state index contributed by atoms with van der Waals surface area (Å²) in [5.41, 5.74) is 40.8. The molecule has 0 saturated carbocycles. The number of phenolic OH excluding ortho intramolecular Hbond substituents is 1. The predicted octanol–water partition coefficient (Wildman–Crippen LogP) is -2.38. The molecule has 0 bridgehead atoms. The third-order valence-electron chi connectivity index (χ3n) is 11.5. The summed E-state index contributed by atoms with van der Waals surface area (Å²) in [6, 6.07) is 10.0. The van der Waals surface area contributed by atoms with Crippen molar-refractivity contribution in [3.63, 3.8) is 0 Å². The maximum Gasteiger partial charge on any atom is 0.243 e. The number of nitrogens with zero attached hydrogens (tertiary/aromatic N) is 3. The van der Waals surface area contributed by atoms with Crippen LogP contribution in [0.5, 0.6) is 5.75 Å². The van der Waals surface area contributed by atoms with E-state index < -0.39 is 83.4 Å².